The Morgan fingerprint density at radius 3 is 2.76 bits per heavy atom. The van der Waals surface area contributed by atoms with E-state index in [0.717, 1.165) is 0 Å². The number of aliphatic carboxylic acids is 1. The minimum atomic E-state index is -1.23. The molecule has 1 heterocycles. The Balaban J connectivity index is 2.33. The van der Waals surface area contributed by atoms with Crippen molar-refractivity contribution < 1.29 is 19.4 Å². The molecule has 2 aromatic rings. The van der Waals surface area contributed by atoms with Crippen LogP contribution in [0.1, 0.15) is 10.4 Å². The van der Waals surface area contributed by atoms with Crippen LogP contribution in [0.25, 0.3) is 10.9 Å². The van der Waals surface area contributed by atoms with Crippen molar-refractivity contribution in [1.29, 1.82) is 0 Å². The zero-order valence-electron chi connectivity index (χ0n) is 11.3. The van der Waals surface area contributed by atoms with Crippen LogP contribution in [0, 0.1) is 0 Å². The number of carboxylic acids is 1. The van der Waals surface area contributed by atoms with Crippen LogP contribution in [0.4, 0.5) is 0 Å². The molecule has 0 aliphatic carbocycles. The monoisotopic (exact) mass is 290 g/mol. The van der Waals surface area contributed by atoms with E-state index >= 15 is 0 Å². The standard InChI is InChI=1S/C14H14N2O5/c1-21-7-11(14(19)20)16-13(18)9-6-15-10-5-3-2-4-8(10)12(9)17/h2-6,11H,7H2,1H3,(H,15,17)(H,16,18)(H,19,20). The van der Waals surface area contributed by atoms with E-state index in [2.05, 4.69) is 10.3 Å². The highest BCUT2D eigenvalue weighted by atomic mass is 16.5. The average Bonchev–Trinajstić information content (AvgIpc) is 2.47. The highest BCUT2D eigenvalue weighted by molar-refractivity contribution is 5.98. The van der Waals surface area contributed by atoms with Gasteiger partial charge in [-0.3, -0.25) is 9.59 Å². The molecule has 1 amide bonds. The maximum Gasteiger partial charge on any atom is 0.328 e. The fraction of sp³-hybridized carbons (Fsp3) is 0.214. The quantitative estimate of drug-likeness (QED) is 0.736. The van der Waals surface area contributed by atoms with Gasteiger partial charge < -0.3 is 20.1 Å². The molecular weight excluding hydrogens is 276 g/mol. The summed E-state index contributed by atoms with van der Waals surface area (Å²) >= 11 is 0. The number of carboxylic acid groups (broad SMARTS) is 1. The second kappa shape index (κ2) is 6.19. The van der Waals surface area contributed by atoms with Crippen LogP contribution in [-0.4, -0.2) is 41.7 Å². The van der Waals surface area contributed by atoms with Gasteiger partial charge in [0.15, 0.2) is 6.04 Å². The van der Waals surface area contributed by atoms with E-state index < -0.39 is 23.3 Å². The molecule has 1 atom stereocenters. The molecule has 7 heteroatoms. The van der Waals surface area contributed by atoms with Crippen molar-refractivity contribution in [1.82, 2.24) is 10.3 Å². The number of fused-ring (bicyclic) bond motifs is 1. The van der Waals surface area contributed by atoms with Gasteiger partial charge in [0.1, 0.15) is 5.56 Å². The van der Waals surface area contributed by atoms with Gasteiger partial charge in [0.2, 0.25) is 5.43 Å². The Hall–Kier alpha value is -2.67. The lowest BCUT2D eigenvalue weighted by molar-refractivity contribution is -0.140. The molecule has 0 spiro atoms. The number of methoxy groups -OCH3 is 1. The number of benzene rings is 1. The van der Waals surface area contributed by atoms with Crippen molar-refractivity contribution in [3.05, 3.63) is 46.2 Å². The van der Waals surface area contributed by atoms with Gasteiger partial charge >= 0.3 is 5.97 Å². The van der Waals surface area contributed by atoms with E-state index in [1.54, 1.807) is 24.3 Å². The summed E-state index contributed by atoms with van der Waals surface area (Å²) in [6, 6.07) is 5.54. The topological polar surface area (TPSA) is 108 Å². The molecule has 1 unspecified atom stereocenters. The van der Waals surface area contributed by atoms with E-state index in [0.29, 0.717) is 10.9 Å². The number of aromatic nitrogens is 1. The number of H-pyrrole nitrogens is 1. The number of nitrogens with one attached hydrogen (secondary N) is 2. The largest absolute Gasteiger partial charge is 0.480 e. The highest BCUT2D eigenvalue weighted by Gasteiger charge is 2.22. The van der Waals surface area contributed by atoms with Gasteiger partial charge in [-0.1, -0.05) is 12.1 Å². The fourth-order valence-electron chi connectivity index (χ4n) is 1.91. The Labute approximate surface area is 119 Å². The second-order valence-corrected chi connectivity index (χ2v) is 4.40. The number of hydrogen-bond acceptors (Lipinski definition) is 4. The van der Waals surface area contributed by atoms with Gasteiger partial charge in [0.25, 0.3) is 5.91 Å². The van der Waals surface area contributed by atoms with E-state index in [9.17, 15) is 14.4 Å². The third-order valence-electron chi connectivity index (χ3n) is 2.97. The van der Waals surface area contributed by atoms with Gasteiger partial charge in [0.05, 0.1) is 6.61 Å². The molecule has 0 saturated heterocycles. The lowest BCUT2D eigenvalue weighted by atomic mass is 10.1. The lowest BCUT2D eigenvalue weighted by Gasteiger charge is -2.13. The van der Waals surface area contributed by atoms with Crippen molar-refractivity contribution in [3.63, 3.8) is 0 Å². The van der Waals surface area contributed by atoms with E-state index in [1.165, 1.54) is 13.3 Å². The maximum absolute atomic E-state index is 12.2. The molecule has 0 bridgehead atoms. The Morgan fingerprint density at radius 1 is 1.38 bits per heavy atom. The molecule has 0 radical (unpaired) electrons. The summed E-state index contributed by atoms with van der Waals surface area (Å²) in [5.74, 6) is -1.99. The zero-order valence-corrected chi connectivity index (χ0v) is 11.3. The number of aromatic amines is 1. The number of para-hydroxylation sites is 1. The fourth-order valence-corrected chi connectivity index (χ4v) is 1.91. The third-order valence-corrected chi connectivity index (χ3v) is 2.97. The summed E-state index contributed by atoms with van der Waals surface area (Å²) in [5, 5.41) is 11.6. The Kier molecular flexibility index (Phi) is 4.34. The molecular formula is C14H14N2O5. The van der Waals surface area contributed by atoms with E-state index in [4.69, 9.17) is 9.84 Å². The summed E-state index contributed by atoms with van der Waals surface area (Å²) in [4.78, 5) is 38.1. The molecule has 0 fully saturated rings. The minimum Gasteiger partial charge on any atom is -0.480 e. The first-order chi connectivity index (χ1) is 10.0. The number of rotatable bonds is 5. The normalized spacial score (nSPS) is 12.0. The van der Waals surface area contributed by atoms with Gasteiger partial charge in [-0.2, -0.15) is 0 Å². The first-order valence-electron chi connectivity index (χ1n) is 6.17. The Morgan fingerprint density at radius 2 is 2.10 bits per heavy atom. The third kappa shape index (κ3) is 3.09. The molecule has 1 aromatic carbocycles. The summed E-state index contributed by atoms with van der Waals surface area (Å²) in [7, 11) is 1.32. The predicted octanol–water partition coefficient (Wildman–Crippen LogP) is 0.357. The number of carbonyl (C=O) groups excluding carboxylic acids is 1. The van der Waals surface area contributed by atoms with Crippen LogP contribution in [0.3, 0.4) is 0 Å². The smallest absolute Gasteiger partial charge is 0.328 e. The van der Waals surface area contributed by atoms with E-state index in [1.807, 2.05) is 0 Å². The minimum absolute atomic E-state index is 0.143. The summed E-state index contributed by atoms with van der Waals surface area (Å²) in [6.45, 7) is -0.188. The second-order valence-electron chi connectivity index (χ2n) is 4.40. The van der Waals surface area contributed by atoms with Gasteiger partial charge in [-0.15, -0.1) is 0 Å². The van der Waals surface area contributed by atoms with Crippen LogP contribution >= 0.6 is 0 Å². The number of carbonyl (C=O) groups is 2. The molecule has 0 aliphatic heterocycles. The summed E-state index contributed by atoms with van der Waals surface area (Å²) in [5.41, 5.74) is 0.00480. The van der Waals surface area contributed by atoms with Crippen molar-refractivity contribution in [2.24, 2.45) is 0 Å². The van der Waals surface area contributed by atoms with Gasteiger partial charge in [0, 0.05) is 24.2 Å². The number of hydrogen-bond donors (Lipinski definition) is 3. The molecule has 7 nitrogen and oxygen atoms in total. The Bertz CT molecular complexity index is 737. The lowest BCUT2D eigenvalue weighted by Crippen LogP contribution is -2.45. The molecule has 1 aromatic heterocycles. The number of ether oxygens (including phenoxy) is 1. The van der Waals surface area contributed by atoms with Gasteiger partial charge in [-0.05, 0) is 12.1 Å². The van der Waals surface area contributed by atoms with Gasteiger partial charge in [-0.25, -0.2) is 4.79 Å². The van der Waals surface area contributed by atoms with E-state index in [-0.39, 0.29) is 12.2 Å². The molecule has 0 saturated carbocycles. The highest BCUT2D eigenvalue weighted by Crippen LogP contribution is 2.07. The first-order valence-corrected chi connectivity index (χ1v) is 6.17. The molecule has 110 valence electrons. The van der Waals surface area contributed by atoms with Crippen LogP contribution in [0.2, 0.25) is 0 Å². The molecule has 21 heavy (non-hydrogen) atoms. The average molecular weight is 290 g/mol. The first kappa shape index (κ1) is 14.7. The van der Waals surface area contributed by atoms with Crippen molar-refractivity contribution >= 4 is 22.8 Å². The summed E-state index contributed by atoms with van der Waals surface area (Å²) < 4.78 is 4.72. The van der Waals surface area contributed by atoms with Crippen molar-refractivity contribution in [2.75, 3.05) is 13.7 Å². The van der Waals surface area contributed by atoms with Crippen LogP contribution in [-0.2, 0) is 9.53 Å². The zero-order chi connectivity index (χ0) is 15.4. The van der Waals surface area contributed by atoms with Crippen LogP contribution in [0.15, 0.2) is 35.3 Å². The molecule has 2 rings (SSSR count). The number of amides is 1. The SMILES string of the molecule is COCC(NC(=O)c1c[nH]c2ccccc2c1=O)C(=O)O. The molecule has 0 aliphatic rings. The molecule has 3 N–H and O–H groups in total. The van der Waals surface area contributed by atoms with Crippen molar-refractivity contribution in [2.45, 2.75) is 6.04 Å². The number of pyridine rings is 1. The van der Waals surface area contributed by atoms with Crippen molar-refractivity contribution in [3.8, 4) is 0 Å². The summed E-state index contributed by atoms with van der Waals surface area (Å²) in [6.07, 6.45) is 1.27. The predicted molar refractivity (Wildman–Crippen MR) is 75.3 cm³/mol. The maximum atomic E-state index is 12.2. The van der Waals surface area contributed by atoms with Crippen LogP contribution in [0.5, 0.6) is 0 Å². The van der Waals surface area contributed by atoms with Crippen LogP contribution < -0.4 is 10.7 Å².